The Bertz CT molecular complexity index is 1590. The van der Waals surface area contributed by atoms with Gasteiger partial charge in [-0.25, -0.2) is 0 Å². The Kier molecular flexibility index (Phi) is 6.67. The van der Waals surface area contributed by atoms with Crippen molar-refractivity contribution in [2.75, 3.05) is 13.1 Å². The molecule has 0 atom stereocenters. The van der Waals surface area contributed by atoms with Gasteiger partial charge in [-0.05, 0) is 92.3 Å². The molecular formula is C30H35IN6OS. The van der Waals surface area contributed by atoms with Crippen molar-refractivity contribution in [1.82, 2.24) is 28.2 Å². The number of halogens is 1. The van der Waals surface area contributed by atoms with E-state index in [0.29, 0.717) is 11.8 Å². The highest BCUT2D eigenvalue weighted by molar-refractivity contribution is 14.2. The molecule has 4 aromatic rings. The number of hydrogen-bond acceptors (Lipinski definition) is 5. The molecule has 0 bridgehead atoms. The number of hydrogen-bond donors (Lipinski definition) is 0. The van der Waals surface area contributed by atoms with Gasteiger partial charge < -0.3 is 4.57 Å². The van der Waals surface area contributed by atoms with Gasteiger partial charge in [0.05, 0.1) is 5.41 Å². The van der Waals surface area contributed by atoms with Gasteiger partial charge in [0.25, 0.3) is 5.56 Å². The van der Waals surface area contributed by atoms with Crippen LogP contribution < -0.4 is 5.56 Å². The third-order valence-corrected chi connectivity index (χ3v) is 10.9. The molecule has 9 heteroatoms. The van der Waals surface area contributed by atoms with E-state index in [1.54, 1.807) is 15.4 Å². The number of piperidine rings is 1. The predicted octanol–water partition coefficient (Wildman–Crippen LogP) is 6.35. The maximum atomic E-state index is 14.3. The molecule has 7 rings (SSSR count). The topological polar surface area (TPSA) is 60.9 Å². The van der Waals surface area contributed by atoms with E-state index in [9.17, 15) is 4.79 Å². The van der Waals surface area contributed by atoms with Gasteiger partial charge in [0, 0.05) is 67.4 Å². The third-order valence-electron chi connectivity index (χ3n) is 9.17. The Morgan fingerprint density at radius 2 is 1.92 bits per heavy atom. The summed E-state index contributed by atoms with van der Waals surface area (Å²) in [4.78, 5) is 16.8. The summed E-state index contributed by atoms with van der Waals surface area (Å²) in [7, 11) is 3.63. The summed E-state index contributed by atoms with van der Waals surface area (Å²) in [6.45, 7) is 5.53. The van der Waals surface area contributed by atoms with Gasteiger partial charge in [0.2, 0.25) is 0 Å². The first-order valence-electron chi connectivity index (χ1n) is 14.2. The average Bonchev–Trinajstić information content (AvgIpc) is 3.59. The zero-order chi connectivity index (χ0) is 26.7. The van der Waals surface area contributed by atoms with Crippen LogP contribution in [0.5, 0.6) is 0 Å². The normalized spacial score (nSPS) is 23.8. The lowest BCUT2D eigenvalue weighted by atomic mass is 9.58. The van der Waals surface area contributed by atoms with E-state index in [1.807, 2.05) is 11.6 Å². The fraction of sp³-hybridized carbons (Fsp3) is 0.500. The first kappa shape index (κ1) is 25.8. The van der Waals surface area contributed by atoms with Gasteiger partial charge in [-0.1, -0.05) is 25.5 Å². The van der Waals surface area contributed by atoms with Gasteiger partial charge in [-0.2, -0.15) is 0 Å². The molecular weight excluding hydrogens is 619 g/mol. The van der Waals surface area contributed by atoms with Crippen molar-refractivity contribution in [3.05, 3.63) is 75.9 Å². The first-order chi connectivity index (χ1) is 19.0. The fourth-order valence-electron chi connectivity index (χ4n) is 7.21. The minimum atomic E-state index is -0.159. The quantitative estimate of drug-likeness (QED) is 0.218. The molecule has 39 heavy (non-hydrogen) atoms. The molecule has 7 nitrogen and oxygen atoms in total. The molecule has 204 valence electrons. The smallest absolute Gasteiger partial charge is 0.280 e. The lowest BCUT2D eigenvalue weighted by Gasteiger charge is -2.46. The molecule has 2 saturated carbocycles. The van der Waals surface area contributed by atoms with Crippen molar-refractivity contribution in [2.45, 2.75) is 69.7 Å². The van der Waals surface area contributed by atoms with E-state index in [2.05, 4.69) is 88.4 Å². The number of aryl methyl sites for hydroxylation is 1. The number of benzene rings is 1. The fourth-order valence-corrected chi connectivity index (χ4v) is 8.55. The standard InChI is InChI=1S/C30H35IN6OS/c1-20-14-30(15-20,29-33-32-19-34(29)2)23-7-6-8-24(13-23)36-18-25(21-9-10-21)26-22(16-35-11-4-3-5-12-35)17-37(39-31)27(26)28(36)38/h6-8,13,17-21H,3-5,9-12,14-16H2,1-2H3. The molecule has 0 spiro atoms. The third kappa shape index (κ3) is 4.39. The van der Waals surface area contributed by atoms with Crippen molar-refractivity contribution < 1.29 is 0 Å². The second kappa shape index (κ2) is 10.1. The molecule has 1 aliphatic heterocycles. The van der Waals surface area contributed by atoms with E-state index >= 15 is 0 Å². The van der Waals surface area contributed by atoms with Crippen LogP contribution in [0.4, 0.5) is 0 Å². The lowest BCUT2D eigenvalue weighted by Crippen LogP contribution is -2.43. The van der Waals surface area contributed by atoms with Crippen LogP contribution in [0.3, 0.4) is 0 Å². The highest BCUT2D eigenvalue weighted by Crippen LogP contribution is 2.52. The van der Waals surface area contributed by atoms with Crippen LogP contribution in [0, 0.1) is 5.92 Å². The summed E-state index contributed by atoms with van der Waals surface area (Å²) in [6.07, 6.45) is 14.5. The van der Waals surface area contributed by atoms with Crippen molar-refractivity contribution in [2.24, 2.45) is 13.0 Å². The summed E-state index contributed by atoms with van der Waals surface area (Å²) in [5.74, 6) is 2.18. The first-order valence-corrected chi connectivity index (χ1v) is 17.6. The number of aromatic nitrogens is 5. The summed E-state index contributed by atoms with van der Waals surface area (Å²) in [5, 5.41) is 9.93. The van der Waals surface area contributed by atoms with Crippen molar-refractivity contribution in [1.29, 1.82) is 0 Å². The molecule has 1 saturated heterocycles. The number of rotatable bonds is 7. The van der Waals surface area contributed by atoms with E-state index in [4.69, 9.17) is 0 Å². The minimum Gasteiger partial charge on any atom is -0.320 e. The Hall–Kier alpha value is -2.11. The van der Waals surface area contributed by atoms with Gasteiger partial charge in [0.1, 0.15) is 17.7 Å². The van der Waals surface area contributed by atoms with Gasteiger partial charge in [-0.3, -0.25) is 18.2 Å². The van der Waals surface area contributed by atoms with E-state index in [0.717, 1.165) is 49.5 Å². The van der Waals surface area contributed by atoms with Crippen LogP contribution in [0.2, 0.25) is 0 Å². The molecule has 3 aromatic heterocycles. The van der Waals surface area contributed by atoms with Crippen LogP contribution in [-0.2, 0) is 19.0 Å². The Balaban J connectivity index is 1.37. The second-order valence-electron chi connectivity index (χ2n) is 12.1. The number of pyridine rings is 1. The Labute approximate surface area is 245 Å². The molecule has 0 unspecified atom stereocenters. The zero-order valence-electron chi connectivity index (χ0n) is 22.6. The monoisotopic (exact) mass is 654 g/mol. The Morgan fingerprint density at radius 1 is 1.13 bits per heavy atom. The number of nitrogens with zero attached hydrogens (tertiary/aromatic N) is 6. The maximum absolute atomic E-state index is 14.3. The zero-order valence-corrected chi connectivity index (χ0v) is 25.6. The maximum Gasteiger partial charge on any atom is 0.280 e. The SMILES string of the molecule is CC1CC(c2cccc(-n3cc(C4CC4)c4c(CN5CCCCC5)cn(SI)c4c3=O)c2)(c2nncn2C)C1. The highest BCUT2D eigenvalue weighted by atomic mass is 127. The molecule has 0 amide bonds. The number of fused-ring (bicyclic) bond motifs is 1. The highest BCUT2D eigenvalue weighted by Gasteiger charge is 2.48. The van der Waals surface area contributed by atoms with Gasteiger partial charge in [-0.15, -0.1) is 10.2 Å². The summed E-state index contributed by atoms with van der Waals surface area (Å²) < 4.78 is 6.08. The van der Waals surface area contributed by atoms with Crippen molar-refractivity contribution in [3.8, 4) is 5.69 Å². The van der Waals surface area contributed by atoms with Crippen LogP contribution in [0.25, 0.3) is 16.6 Å². The van der Waals surface area contributed by atoms with Crippen LogP contribution in [0.15, 0.2) is 47.8 Å². The summed E-state index contributed by atoms with van der Waals surface area (Å²) in [6, 6.07) is 8.62. The van der Waals surface area contributed by atoms with E-state index in [1.165, 1.54) is 54.2 Å². The molecule has 2 aliphatic carbocycles. The second-order valence-corrected chi connectivity index (χ2v) is 13.8. The van der Waals surface area contributed by atoms with Crippen LogP contribution >= 0.6 is 30.3 Å². The average molecular weight is 655 g/mol. The molecule has 3 fully saturated rings. The number of likely N-dealkylation sites (tertiary alicyclic amines) is 1. The molecule has 0 radical (unpaired) electrons. The van der Waals surface area contributed by atoms with Gasteiger partial charge in [0.15, 0.2) is 0 Å². The molecule has 0 N–H and O–H groups in total. The lowest BCUT2D eigenvalue weighted by molar-refractivity contribution is 0.185. The molecule has 3 aliphatic rings. The van der Waals surface area contributed by atoms with Crippen LogP contribution in [0.1, 0.15) is 80.3 Å². The van der Waals surface area contributed by atoms with Crippen LogP contribution in [-0.4, -0.2) is 41.3 Å². The van der Waals surface area contributed by atoms with Crippen molar-refractivity contribution >= 4 is 41.2 Å². The van der Waals surface area contributed by atoms with E-state index in [-0.39, 0.29) is 11.0 Å². The van der Waals surface area contributed by atoms with Crippen molar-refractivity contribution in [3.63, 3.8) is 0 Å². The largest absolute Gasteiger partial charge is 0.320 e. The summed E-state index contributed by atoms with van der Waals surface area (Å²) >= 11 is 2.32. The summed E-state index contributed by atoms with van der Waals surface area (Å²) in [5.41, 5.74) is 5.54. The van der Waals surface area contributed by atoms with Gasteiger partial charge >= 0.3 is 0 Å². The van der Waals surface area contributed by atoms with E-state index < -0.39 is 0 Å². The predicted molar refractivity (Wildman–Crippen MR) is 166 cm³/mol. The molecule has 1 aromatic carbocycles. The minimum absolute atomic E-state index is 0.0651. The Morgan fingerprint density at radius 3 is 2.59 bits per heavy atom. The molecule has 4 heterocycles.